The molecule has 0 amide bonds. The summed E-state index contributed by atoms with van der Waals surface area (Å²) in [5.41, 5.74) is -0.749. The Morgan fingerprint density at radius 1 is 0.909 bits per heavy atom. The molecule has 0 saturated heterocycles. The Bertz CT molecular complexity index is 271. The molecular formula is C6HBF4. The van der Waals surface area contributed by atoms with Crippen LogP contribution in [0.25, 0.3) is 0 Å². The zero-order valence-corrected chi connectivity index (χ0v) is 5.17. The van der Waals surface area contributed by atoms with E-state index in [2.05, 4.69) is 0 Å². The topological polar surface area (TPSA) is 0 Å². The summed E-state index contributed by atoms with van der Waals surface area (Å²) in [4.78, 5) is 0. The van der Waals surface area contributed by atoms with Gasteiger partial charge >= 0.3 is 0 Å². The summed E-state index contributed by atoms with van der Waals surface area (Å²) in [6.45, 7) is 0. The van der Waals surface area contributed by atoms with Crippen molar-refractivity contribution in [2.24, 2.45) is 0 Å². The van der Waals surface area contributed by atoms with E-state index in [1.165, 1.54) is 0 Å². The van der Waals surface area contributed by atoms with Gasteiger partial charge in [-0.2, -0.15) is 0 Å². The molecule has 5 heteroatoms. The Labute approximate surface area is 61.2 Å². The maximum atomic E-state index is 12.3. The molecule has 0 atom stereocenters. The van der Waals surface area contributed by atoms with Crippen LogP contribution in [0.1, 0.15) is 0 Å². The molecule has 0 aliphatic carbocycles. The number of hydrogen-bond acceptors (Lipinski definition) is 0. The van der Waals surface area contributed by atoms with Crippen molar-refractivity contribution < 1.29 is 17.6 Å². The molecule has 0 aliphatic heterocycles. The second-order valence-corrected chi connectivity index (χ2v) is 1.89. The summed E-state index contributed by atoms with van der Waals surface area (Å²) in [5, 5.41) is 0. The van der Waals surface area contributed by atoms with E-state index in [0.29, 0.717) is 6.07 Å². The van der Waals surface area contributed by atoms with Gasteiger partial charge in [-0.3, -0.25) is 0 Å². The van der Waals surface area contributed by atoms with Gasteiger partial charge in [-0.15, -0.1) is 0 Å². The highest BCUT2D eigenvalue weighted by molar-refractivity contribution is 6.32. The fraction of sp³-hybridized carbons (Fsp3) is 0. The molecule has 1 rings (SSSR count). The van der Waals surface area contributed by atoms with E-state index in [4.69, 9.17) is 7.85 Å². The molecule has 0 saturated carbocycles. The Morgan fingerprint density at radius 3 is 2.00 bits per heavy atom. The Morgan fingerprint density at radius 2 is 1.45 bits per heavy atom. The van der Waals surface area contributed by atoms with E-state index in [0.717, 1.165) is 0 Å². The number of rotatable bonds is 0. The highest BCUT2D eigenvalue weighted by Gasteiger charge is 2.15. The van der Waals surface area contributed by atoms with Crippen molar-refractivity contribution in [1.82, 2.24) is 0 Å². The van der Waals surface area contributed by atoms with E-state index in [9.17, 15) is 17.6 Å². The van der Waals surface area contributed by atoms with Crippen LogP contribution in [0, 0.1) is 23.3 Å². The predicted molar refractivity (Wildman–Crippen MR) is 31.7 cm³/mol. The van der Waals surface area contributed by atoms with Crippen LogP contribution in [0.2, 0.25) is 0 Å². The average Bonchev–Trinajstić information content (AvgIpc) is 1.97. The first-order valence-electron chi connectivity index (χ1n) is 2.62. The lowest BCUT2D eigenvalue weighted by atomic mass is 9.95. The molecule has 0 aliphatic rings. The zero-order chi connectivity index (χ0) is 8.59. The quantitative estimate of drug-likeness (QED) is 0.230. The second-order valence-electron chi connectivity index (χ2n) is 1.89. The molecule has 1 aromatic carbocycles. The van der Waals surface area contributed by atoms with Crippen LogP contribution in [0.3, 0.4) is 0 Å². The van der Waals surface area contributed by atoms with Gasteiger partial charge in [0.1, 0.15) is 7.85 Å². The van der Waals surface area contributed by atoms with Gasteiger partial charge in [0.25, 0.3) is 0 Å². The van der Waals surface area contributed by atoms with Crippen molar-refractivity contribution in [1.29, 1.82) is 0 Å². The van der Waals surface area contributed by atoms with Gasteiger partial charge in [-0.05, 0) is 6.07 Å². The molecule has 0 unspecified atom stereocenters. The SMILES string of the molecule is [B]c1cc(F)c(F)c(F)c1F. The lowest BCUT2D eigenvalue weighted by Gasteiger charge is -1.99. The van der Waals surface area contributed by atoms with Gasteiger partial charge in [-0.25, -0.2) is 17.6 Å². The molecule has 0 fully saturated rings. The maximum Gasteiger partial charge on any atom is 0.197 e. The first-order chi connectivity index (χ1) is 5.04. The molecule has 0 spiro atoms. The molecule has 0 bridgehead atoms. The average molecular weight is 160 g/mol. The largest absolute Gasteiger partial charge is 0.204 e. The van der Waals surface area contributed by atoms with Gasteiger partial charge in [0.05, 0.1) is 0 Å². The monoisotopic (exact) mass is 160 g/mol. The minimum atomic E-state index is -1.89. The fourth-order valence-corrected chi connectivity index (χ4v) is 0.591. The first kappa shape index (κ1) is 8.10. The Kier molecular flexibility index (Phi) is 1.89. The van der Waals surface area contributed by atoms with Crippen LogP contribution in [0.15, 0.2) is 6.07 Å². The van der Waals surface area contributed by atoms with E-state index >= 15 is 0 Å². The molecular weight excluding hydrogens is 159 g/mol. The lowest BCUT2D eigenvalue weighted by Crippen LogP contribution is -2.14. The molecule has 2 radical (unpaired) electrons. The van der Waals surface area contributed by atoms with E-state index < -0.39 is 28.7 Å². The summed E-state index contributed by atoms with van der Waals surface area (Å²) in [6, 6.07) is 0.383. The smallest absolute Gasteiger partial charge is 0.197 e. The van der Waals surface area contributed by atoms with Gasteiger partial charge in [0.15, 0.2) is 23.3 Å². The van der Waals surface area contributed by atoms with Gasteiger partial charge in [0.2, 0.25) is 0 Å². The van der Waals surface area contributed by atoms with E-state index in [-0.39, 0.29) is 0 Å². The maximum absolute atomic E-state index is 12.3. The molecule has 56 valence electrons. The molecule has 0 heterocycles. The van der Waals surface area contributed by atoms with Gasteiger partial charge in [0, 0.05) is 0 Å². The van der Waals surface area contributed by atoms with Crippen molar-refractivity contribution in [2.75, 3.05) is 0 Å². The van der Waals surface area contributed by atoms with Crippen LogP contribution >= 0.6 is 0 Å². The first-order valence-corrected chi connectivity index (χ1v) is 2.62. The molecule has 0 N–H and O–H groups in total. The van der Waals surface area contributed by atoms with Crippen LogP contribution in [-0.2, 0) is 0 Å². The van der Waals surface area contributed by atoms with Crippen molar-refractivity contribution in [3.63, 3.8) is 0 Å². The van der Waals surface area contributed by atoms with Crippen LogP contribution in [0.5, 0.6) is 0 Å². The van der Waals surface area contributed by atoms with Crippen molar-refractivity contribution in [2.45, 2.75) is 0 Å². The van der Waals surface area contributed by atoms with Crippen LogP contribution < -0.4 is 5.46 Å². The van der Waals surface area contributed by atoms with Crippen LogP contribution in [0.4, 0.5) is 17.6 Å². The van der Waals surface area contributed by atoms with Crippen molar-refractivity contribution in [3.8, 4) is 0 Å². The number of hydrogen-bond donors (Lipinski definition) is 0. The summed E-state index contributed by atoms with van der Waals surface area (Å²) < 4.78 is 48.7. The Balaban J connectivity index is 3.46. The fourth-order valence-electron chi connectivity index (χ4n) is 0.591. The summed E-state index contributed by atoms with van der Waals surface area (Å²) in [6.07, 6.45) is 0. The third-order valence-electron chi connectivity index (χ3n) is 1.13. The standard InChI is InChI=1S/C6HBF4/c7-2-1-3(8)5(10)6(11)4(2)9/h1H. The zero-order valence-electron chi connectivity index (χ0n) is 5.17. The molecule has 0 aromatic heterocycles. The third kappa shape index (κ3) is 1.22. The number of halogens is 4. The molecule has 1 aromatic rings. The second kappa shape index (κ2) is 2.56. The highest BCUT2D eigenvalue weighted by atomic mass is 19.2. The molecule has 0 nitrogen and oxygen atoms in total. The predicted octanol–water partition coefficient (Wildman–Crippen LogP) is 1.04. The van der Waals surface area contributed by atoms with E-state index in [1.807, 2.05) is 0 Å². The third-order valence-corrected chi connectivity index (χ3v) is 1.13. The van der Waals surface area contributed by atoms with Gasteiger partial charge in [-0.1, -0.05) is 5.46 Å². The summed E-state index contributed by atoms with van der Waals surface area (Å²) in [5.74, 6) is -6.80. The highest BCUT2D eigenvalue weighted by Crippen LogP contribution is 2.10. The van der Waals surface area contributed by atoms with Crippen molar-refractivity contribution >= 4 is 13.3 Å². The van der Waals surface area contributed by atoms with Crippen molar-refractivity contribution in [3.05, 3.63) is 29.3 Å². The summed E-state index contributed by atoms with van der Waals surface area (Å²) in [7, 11) is 4.77. The number of benzene rings is 1. The minimum absolute atomic E-state index is 0.383. The minimum Gasteiger partial charge on any atom is -0.204 e. The lowest BCUT2D eigenvalue weighted by molar-refractivity contribution is 0.412. The van der Waals surface area contributed by atoms with Crippen LogP contribution in [-0.4, -0.2) is 7.85 Å². The van der Waals surface area contributed by atoms with E-state index in [1.54, 1.807) is 0 Å². The molecule has 11 heavy (non-hydrogen) atoms. The summed E-state index contributed by atoms with van der Waals surface area (Å²) >= 11 is 0. The van der Waals surface area contributed by atoms with Gasteiger partial charge < -0.3 is 0 Å². The normalized spacial score (nSPS) is 10.2. The Hall–Kier alpha value is -0.995.